The average molecular weight is 341 g/mol. The van der Waals surface area contributed by atoms with E-state index in [0.717, 1.165) is 21.1 Å². The first-order valence-electron chi connectivity index (χ1n) is 7.76. The van der Waals surface area contributed by atoms with Gasteiger partial charge in [0, 0.05) is 17.0 Å². The van der Waals surface area contributed by atoms with Gasteiger partial charge >= 0.3 is 0 Å². The summed E-state index contributed by atoms with van der Waals surface area (Å²) in [5, 5.41) is 8.01. The van der Waals surface area contributed by atoms with Crippen molar-refractivity contribution >= 4 is 17.2 Å². The summed E-state index contributed by atoms with van der Waals surface area (Å²) in [6, 6.07) is 10.0. The first-order chi connectivity index (χ1) is 11.6. The first-order valence-corrected chi connectivity index (χ1v) is 8.57. The van der Waals surface area contributed by atoms with Crippen LogP contribution >= 0.6 is 11.3 Å². The topological polar surface area (TPSA) is 72.7 Å². The molecule has 2 aromatic heterocycles. The Balaban J connectivity index is 1.65. The van der Waals surface area contributed by atoms with E-state index in [-0.39, 0.29) is 11.9 Å². The number of nitrogens with zero attached hydrogens (tertiary/aromatic N) is 4. The minimum absolute atomic E-state index is 0.0113. The lowest BCUT2D eigenvalue weighted by molar-refractivity contribution is -0.120. The second-order valence-corrected chi connectivity index (χ2v) is 6.86. The van der Waals surface area contributed by atoms with E-state index in [9.17, 15) is 4.79 Å². The predicted octanol–water partition coefficient (Wildman–Crippen LogP) is 2.63. The summed E-state index contributed by atoms with van der Waals surface area (Å²) in [5.74, 6) is -0.0113. The van der Waals surface area contributed by atoms with Gasteiger partial charge in [-0.2, -0.15) is 5.10 Å². The molecule has 1 atom stereocenters. The highest BCUT2D eigenvalue weighted by Crippen LogP contribution is 2.28. The lowest BCUT2D eigenvalue weighted by atomic mass is 10.1. The van der Waals surface area contributed by atoms with Gasteiger partial charge in [-0.25, -0.2) is 14.6 Å². The van der Waals surface area contributed by atoms with E-state index in [1.54, 1.807) is 22.3 Å². The molecule has 24 heavy (non-hydrogen) atoms. The number of carbonyl (C=O) groups excluding carboxylic acids is 1. The summed E-state index contributed by atoms with van der Waals surface area (Å²) in [6.07, 6.45) is 3.47. The van der Waals surface area contributed by atoms with E-state index in [1.165, 1.54) is 6.33 Å². The molecule has 0 aliphatic heterocycles. The molecule has 0 spiro atoms. The number of hydrogen-bond acceptors (Lipinski definition) is 5. The smallest absolute Gasteiger partial charge is 0.225 e. The third kappa shape index (κ3) is 3.86. The first kappa shape index (κ1) is 16.3. The standard InChI is InChI=1S/C17H19N5OS/c1-12(22-11-18-10-20-22)9-19-16(23)8-15-17(21-13(2)24-15)14-6-4-3-5-7-14/h3-7,10-12H,8-9H2,1-2H3,(H,19,23)/t12-/m1/s1. The van der Waals surface area contributed by atoms with Gasteiger partial charge in [0.15, 0.2) is 0 Å². The summed E-state index contributed by atoms with van der Waals surface area (Å²) in [4.78, 5) is 21.8. The van der Waals surface area contributed by atoms with Gasteiger partial charge in [0.05, 0.1) is 23.2 Å². The summed E-state index contributed by atoms with van der Waals surface area (Å²) < 4.78 is 1.73. The molecule has 0 fully saturated rings. The molecule has 124 valence electrons. The number of rotatable bonds is 6. The quantitative estimate of drug-likeness (QED) is 0.748. The van der Waals surface area contributed by atoms with Crippen LogP contribution in [0, 0.1) is 6.92 Å². The molecule has 0 unspecified atom stereocenters. The largest absolute Gasteiger partial charge is 0.354 e. The third-order valence-electron chi connectivity index (χ3n) is 3.66. The van der Waals surface area contributed by atoms with Gasteiger partial charge in [-0.05, 0) is 13.8 Å². The Bertz CT molecular complexity index is 798. The molecule has 0 bridgehead atoms. The summed E-state index contributed by atoms with van der Waals surface area (Å²) in [6.45, 7) is 4.47. The molecule has 2 heterocycles. The highest BCUT2D eigenvalue weighted by Gasteiger charge is 2.15. The van der Waals surface area contributed by atoms with Crippen molar-refractivity contribution in [1.29, 1.82) is 0 Å². The van der Waals surface area contributed by atoms with Crippen molar-refractivity contribution in [1.82, 2.24) is 25.1 Å². The molecule has 0 aliphatic carbocycles. The van der Waals surface area contributed by atoms with Crippen LogP contribution in [0.15, 0.2) is 43.0 Å². The molecule has 7 heteroatoms. The minimum Gasteiger partial charge on any atom is -0.354 e. The van der Waals surface area contributed by atoms with Gasteiger partial charge in [-0.3, -0.25) is 4.79 Å². The lowest BCUT2D eigenvalue weighted by Gasteiger charge is -2.12. The second kappa shape index (κ2) is 7.35. The van der Waals surface area contributed by atoms with E-state index in [1.807, 2.05) is 44.2 Å². The lowest BCUT2D eigenvalue weighted by Crippen LogP contribution is -2.30. The predicted molar refractivity (Wildman–Crippen MR) is 93.7 cm³/mol. The molecule has 1 N–H and O–H groups in total. The van der Waals surface area contributed by atoms with Crippen LogP contribution in [0.2, 0.25) is 0 Å². The van der Waals surface area contributed by atoms with Gasteiger partial charge in [-0.1, -0.05) is 30.3 Å². The molecule has 0 aliphatic rings. The van der Waals surface area contributed by atoms with Crippen LogP contribution in [0.4, 0.5) is 0 Å². The SMILES string of the molecule is Cc1nc(-c2ccccc2)c(CC(=O)NC[C@@H](C)n2cncn2)s1. The van der Waals surface area contributed by atoms with Crippen molar-refractivity contribution < 1.29 is 4.79 Å². The number of aromatic nitrogens is 4. The molecular weight excluding hydrogens is 322 g/mol. The molecular formula is C17H19N5OS. The molecule has 6 nitrogen and oxygen atoms in total. The zero-order valence-corrected chi connectivity index (χ0v) is 14.5. The molecule has 1 amide bonds. The normalized spacial score (nSPS) is 12.1. The Kier molecular flexibility index (Phi) is 5.00. The van der Waals surface area contributed by atoms with Crippen LogP contribution in [0.5, 0.6) is 0 Å². The van der Waals surface area contributed by atoms with Crippen molar-refractivity contribution in [2.45, 2.75) is 26.3 Å². The van der Waals surface area contributed by atoms with Gasteiger partial charge in [0.1, 0.15) is 12.7 Å². The van der Waals surface area contributed by atoms with E-state index < -0.39 is 0 Å². The fourth-order valence-corrected chi connectivity index (χ4v) is 3.38. The Labute approximate surface area is 144 Å². The number of benzene rings is 1. The summed E-state index contributed by atoms with van der Waals surface area (Å²) in [5.41, 5.74) is 1.94. The highest BCUT2D eigenvalue weighted by atomic mass is 32.1. The molecule has 3 rings (SSSR count). The number of amides is 1. The van der Waals surface area contributed by atoms with E-state index in [4.69, 9.17) is 0 Å². The maximum absolute atomic E-state index is 12.3. The molecule has 1 aromatic carbocycles. The van der Waals surface area contributed by atoms with E-state index in [0.29, 0.717) is 13.0 Å². The van der Waals surface area contributed by atoms with Crippen LogP contribution < -0.4 is 5.32 Å². The minimum atomic E-state index is -0.0113. The van der Waals surface area contributed by atoms with Crippen molar-refractivity contribution in [3.05, 3.63) is 52.9 Å². The van der Waals surface area contributed by atoms with Gasteiger partial charge < -0.3 is 5.32 Å². The second-order valence-electron chi connectivity index (χ2n) is 5.58. The summed E-state index contributed by atoms with van der Waals surface area (Å²) in [7, 11) is 0. The number of nitrogens with one attached hydrogen (secondary N) is 1. The maximum Gasteiger partial charge on any atom is 0.225 e. The van der Waals surface area contributed by atoms with Gasteiger partial charge in [0.25, 0.3) is 0 Å². The Morgan fingerprint density at radius 2 is 2.12 bits per heavy atom. The molecule has 0 saturated carbocycles. The Morgan fingerprint density at radius 1 is 1.33 bits per heavy atom. The van der Waals surface area contributed by atoms with Crippen LogP contribution in [-0.4, -0.2) is 32.2 Å². The van der Waals surface area contributed by atoms with Crippen molar-refractivity contribution in [2.24, 2.45) is 0 Å². The van der Waals surface area contributed by atoms with Crippen molar-refractivity contribution in [3.8, 4) is 11.3 Å². The number of thiazole rings is 1. The fourth-order valence-electron chi connectivity index (χ4n) is 2.42. The highest BCUT2D eigenvalue weighted by molar-refractivity contribution is 7.12. The Hall–Kier alpha value is -2.54. The zero-order valence-electron chi connectivity index (χ0n) is 13.6. The summed E-state index contributed by atoms with van der Waals surface area (Å²) >= 11 is 1.57. The Morgan fingerprint density at radius 3 is 2.83 bits per heavy atom. The monoisotopic (exact) mass is 341 g/mol. The van der Waals surface area contributed by atoms with Crippen molar-refractivity contribution in [3.63, 3.8) is 0 Å². The van der Waals surface area contributed by atoms with Crippen LogP contribution in [0.1, 0.15) is 22.9 Å². The van der Waals surface area contributed by atoms with Crippen LogP contribution in [0.25, 0.3) is 11.3 Å². The van der Waals surface area contributed by atoms with Crippen LogP contribution in [0.3, 0.4) is 0 Å². The maximum atomic E-state index is 12.3. The van der Waals surface area contributed by atoms with Gasteiger partial charge in [0.2, 0.25) is 5.91 Å². The number of hydrogen-bond donors (Lipinski definition) is 1. The molecule has 3 aromatic rings. The average Bonchev–Trinajstić information content (AvgIpc) is 3.23. The van der Waals surface area contributed by atoms with Crippen molar-refractivity contribution in [2.75, 3.05) is 6.54 Å². The van der Waals surface area contributed by atoms with Gasteiger partial charge in [-0.15, -0.1) is 11.3 Å². The number of aryl methyl sites for hydroxylation is 1. The molecule has 0 radical (unpaired) electrons. The zero-order chi connectivity index (χ0) is 16.9. The molecule has 0 saturated heterocycles. The number of carbonyl (C=O) groups is 1. The van der Waals surface area contributed by atoms with E-state index in [2.05, 4.69) is 20.4 Å². The third-order valence-corrected chi connectivity index (χ3v) is 4.63. The van der Waals surface area contributed by atoms with Crippen LogP contribution in [-0.2, 0) is 11.2 Å². The van der Waals surface area contributed by atoms with E-state index >= 15 is 0 Å². The fraction of sp³-hybridized carbons (Fsp3) is 0.294.